The van der Waals surface area contributed by atoms with Crippen LogP contribution < -0.4 is 10.6 Å². The summed E-state index contributed by atoms with van der Waals surface area (Å²) in [5, 5.41) is 13.3. The Hall–Kier alpha value is -3.56. The smallest absolute Gasteiger partial charge is 0.422 e. The number of benzene rings is 2. The van der Waals surface area contributed by atoms with Gasteiger partial charge in [0, 0.05) is 17.9 Å². The van der Waals surface area contributed by atoms with Gasteiger partial charge in [-0.3, -0.25) is 4.79 Å². The van der Waals surface area contributed by atoms with E-state index in [9.17, 15) is 27.6 Å². The summed E-state index contributed by atoms with van der Waals surface area (Å²) in [5.41, 5.74) is 0.918. The molecule has 0 saturated heterocycles. The maximum absolute atomic E-state index is 13.2. The van der Waals surface area contributed by atoms with Crippen molar-refractivity contribution in [3.63, 3.8) is 0 Å². The molecule has 186 valence electrons. The molecule has 10 heteroatoms. The highest BCUT2D eigenvalue weighted by molar-refractivity contribution is 5.88. The Kier molecular flexibility index (Phi) is 6.48. The Labute approximate surface area is 199 Å². The molecule has 0 aromatic heterocycles. The Morgan fingerprint density at radius 1 is 1.00 bits per heavy atom. The lowest BCUT2D eigenvalue weighted by atomic mass is 9.98. The molecule has 1 fully saturated rings. The van der Waals surface area contributed by atoms with E-state index in [4.69, 9.17) is 9.84 Å². The van der Waals surface area contributed by atoms with Crippen LogP contribution in [0.1, 0.15) is 43.2 Å². The lowest BCUT2D eigenvalue weighted by molar-refractivity contribution is -0.207. The van der Waals surface area contributed by atoms with Crippen LogP contribution in [0.2, 0.25) is 0 Å². The molecule has 3 N–H and O–H groups in total. The molecule has 0 heterocycles. The summed E-state index contributed by atoms with van der Waals surface area (Å²) in [6.07, 6.45) is -5.18. The molecule has 0 radical (unpaired) electrons. The quantitative estimate of drug-likeness (QED) is 0.563. The van der Waals surface area contributed by atoms with E-state index in [1.807, 2.05) is 48.5 Å². The van der Waals surface area contributed by atoms with E-state index < -0.39 is 41.6 Å². The fraction of sp³-hybridized carbons (Fsp3) is 0.400. The van der Waals surface area contributed by atoms with E-state index in [1.54, 1.807) is 5.32 Å². The highest BCUT2D eigenvalue weighted by atomic mass is 19.4. The van der Waals surface area contributed by atoms with Crippen LogP contribution in [-0.2, 0) is 14.3 Å². The molecule has 0 aliphatic heterocycles. The summed E-state index contributed by atoms with van der Waals surface area (Å²) in [5.74, 6) is -4.17. The SMILES string of the molecule is CC(NC(=O)[C@@H]1CC[C@H](NC(=O)OCC2c3ccccc3-c3ccccc32)C1)(C(=O)O)C(F)(F)F. The minimum atomic E-state index is -5.16. The number of halogens is 3. The average molecular weight is 490 g/mol. The molecule has 0 bridgehead atoms. The first-order valence-electron chi connectivity index (χ1n) is 11.2. The first-order valence-corrected chi connectivity index (χ1v) is 11.2. The molecule has 2 aliphatic rings. The Morgan fingerprint density at radius 3 is 2.11 bits per heavy atom. The second-order valence-corrected chi connectivity index (χ2v) is 9.09. The number of carbonyl (C=O) groups is 3. The number of hydrogen-bond acceptors (Lipinski definition) is 4. The Balaban J connectivity index is 1.32. The van der Waals surface area contributed by atoms with Crippen LogP contribution in [-0.4, -0.2) is 47.4 Å². The molecule has 2 aromatic rings. The predicted molar refractivity (Wildman–Crippen MR) is 120 cm³/mol. The van der Waals surface area contributed by atoms with Gasteiger partial charge in [-0.15, -0.1) is 0 Å². The van der Waals surface area contributed by atoms with Crippen molar-refractivity contribution in [3.8, 4) is 11.1 Å². The predicted octanol–water partition coefficient (Wildman–Crippen LogP) is 4.22. The van der Waals surface area contributed by atoms with Gasteiger partial charge in [-0.1, -0.05) is 48.5 Å². The molecular formula is C25H25F3N2O5. The summed E-state index contributed by atoms with van der Waals surface area (Å²) < 4.78 is 45.0. The van der Waals surface area contributed by atoms with Crippen LogP contribution in [0.3, 0.4) is 0 Å². The lowest BCUT2D eigenvalue weighted by Gasteiger charge is -2.29. The van der Waals surface area contributed by atoms with Gasteiger partial charge in [0.25, 0.3) is 0 Å². The molecular weight excluding hydrogens is 465 g/mol. The van der Waals surface area contributed by atoms with Crippen LogP contribution in [0.4, 0.5) is 18.0 Å². The first kappa shape index (κ1) is 24.6. The summed E-state index contributed by atoms with van der Waals surface area (Å²) in [7, 11) is 0. The number of carbonyl (C=O) groups excluding carboxylic acids is 2. The molecule has 1 saturated carbocycles. The Bertz CT molecular complexity index is 1110. The molecule has 2 amide bonds. The van der Waals surface area contributed by atoms with Crippen molar-refractivity contribution in [2.75, 3.05) is 6.61 Å². The van der Waals surface area contributed by atoms with E-state index in [1.165, 1.54) is 0 Å². The number of carboxylic acid groups (broad SMARTS) is 1. The fourth-order valence-electron chi connectivity index (χ4n) is 4.75. The van der Waals surface area contributed by atoms with Gasteiger partial charge >= 0.3 is 18.2 Å². The topological polar surface area (TPSA) is 105 Å². The van der Waals surface area contributed by atoms with Gasteiger partial charge in [-0.05, 0) is 48.4 Å². The zero-order valence-corrected chi connectivity index (χ0v) is 18.9. The molecule has 2 aliphatic carbocycles. The number of ether oxygens (including phenoxy) is 1. The highest BCUT2D eigenvalue weighted by Crippen LogP contribution is 2.44. The van der Waals surface area contributed by atoms with Crippen molar-refractivity contribution in [1.29, 1.82) is 0 Å². The maximum Gasteiger partial charge on any atom is 0.422 e. The van der Waals surface area contributed by atoms with E-state index in [2.05, 4.69) is 5.32 Å². The number of fused-ring (bicyclic) bond motifs is 3. The van der Waals surface area contributed by atoms with Crippen LogP contribution in [0.15, 0.2) is 48.5 Å². The van der Waals surface area contributed by atoms with Crippen molar-refractivity contribution in [2.24, 2.45) is 5.92 Å². The number of alkyl halides is 3. The van der Waals surface area contributed by atoms with Crippen molar-refractivity contribution in [2.45, 2.75) is 49.9 Å². The van der Waals surface area contributed by atoms with Crippen LogP contribution in [0.5, 0.6) is 0 Å². The zero-order chi connectivity index (χ0) is 25.4. The van der Waals surface area contributed by atoms with E-state index >= 15 is 0 Å². The van der Waals surface area contributed by atoms with Gasteiger partial charge in [0.1, 0.15) is 6.61 Å². The fourth-order valence-corrected chi connectivity index (χ4v) is 4.75. The molecule has 4 rings (SSSR count). The van der Waals surface area contributed by atoms with E-state index in [-0.39, 0.29) is 25.4 Å². The molecule has 2 aromatic carbocycles. The van der Waals surface area contributed by atoms with Crippen LogP contribution in [0.25, 0.3) is 11.1 Å². The normalized spacial score (nSPS) is 20.9. The van der Waals surface area contributed by atoms with Crippen LogP contribution in [0, 0.1) is 5.92 Å². The summed E-state index contributed by atoms with van der Waals surface area (Å²) in [6.45, 7) is 0.521. The number of nitrogens with one attached hydrogen (secondary N) is 2. The number of alkyl carbamates (subject to hydrolysis) is 1. The van der Waals surface area contributed by atoms with E-state index in [0.29, 0.717) is 13.3 Å². The van der Waals surface area contributed by atoms with Gasteiger partial charge < -0.3 is 20.5 Å². The van der Waals surface area contributed by atoms with Crippen molar-refractivity contribution in [1.82, 2.24) is 10.6 Å². The van der Waals surface area contributed by atoms with Crippen molar-refractivity contribution >= 4 is 18.0 Å². The van der Waals surface area contributed by atoms with Crippen LogP contribution >= 0.6 is 0 Å². The van der Waals surface area contributed by atoms with Gasteiger partial charge in [0.2, 0.25) is 11.4 Å². The molecule has 7 nitrogen and oxygen atoms in total. The minimum absolute atomic E-state index is 0.0869. The zero-order valence-electron chi connectivity index (χ0n) is 18.9. The second kappa shape index (κ2) is 9.24. The lowest BCUT2D eigenvalue weighted by Crippen LogP contribution is -2.62. The average Bonchev–Trinajstić information content (AvgIpc) is 3.39. The third-order valence-corrected chi connectivity index (χ3v) is 6.84. The maximum atomic E-state index is 13.2. The first-order chi connectivity index (χ1) is 16.5. The molecule has 1 unspecified atom stereocenters. The van der Waals surface area contributed by atoms with Gasteiger partial charge in [0.05, 0.1) is 0 Å². The summed E-state index contributed by atoms with van der Waals surface area (Å²) >= 11 is 0. The molecule has 35 heavy (non-hydrogen) atoms. The number of aliphatic carboxylic acids is 1. The second-order valence-electron chi connectivity index (χ2n) is 9.09. The third-order valence-electron chi connectivity index (χ3n) is 6.84. The number of hydrogen-bond donors (Lipinski definition) is 3. The largest absolute Gasteiger partial charge is 0.479 e. The Morgan fingerprint density at radius 2 is 1.57 bits per heavy atom. The molecule has 0 spiro atoms. The third kappa shape index (κ3) is 4.69. The van der Waals surface area contributed by atoms with Gasteiger partial charge in [-0.2, -0.15) is 13.2 Å². The summed E-state index contributed by atoms with van der Waals surface area (Å²) in [6, 6.07) is 15.3. The standard InChI is InChI=1S/C25H25F3N2O5/c1-24(22(32)33,25(26,27)28)30-21(31)14-10-11-15(12-14)29-23(34)35-13-20-18-8-4-2-6-16(18)17-7-3-5-9-19(17)20/h2-9,14-15,20H,10-13H2,1H3,(H,29,34)(H,30,31)(H,32,33)/t14-,15+,24?/m1/s1. The van der Waals surface area contributed by atoms with Gasteiger partial charge in [0.15, 0.2) is 0 Å². The minimum Gasteiger partial charge on any atom is -0.479 e. The summed E-state index contributed by atoms with van der Waals surface area (Å²) in [4.78, 5) is 36.0. The van der Waals surface area contributed by atoms with E-state index in [0.717, 1.165) is 22.3 Å². The highest BCUT2D eigenvalue weighted by Gasteiger charge is 2.59. The van der Waals surface area contributed by atoms with Crippen molar-refractivity contribution in [3.05, 3.63) is 59.7 Å². The number of carboxylic acids is 1. The molecule has 3 atom stereocenters. The van der Waals surface area contributed by atoms with Gasteiger partial charge in [-0.25, -0.2) is 9.59 Å². The van der Waals surface area contributed by atoms with Crippen molar-refractivity contribution < 1.29 is 37.4 Å². The monoisotopic (exact) mass is 490 g/mol. The number of rotatable bonds is 6. The number of amides is 2.